The van der Waals surface area contributed by atoms with Gasteiger partial charge in [0.1, 0.15) is 6.10 Å². The highest BCUT2D eigenvalue weighted by atomic mass is 16.4. The van der Waals surface area contributed by atoms with Gasteiger partial charge in [-0.15, -0.1) is 0 Å². The molecule has 0 spiro atoms. The summed E-state index contributed by atoms with van der Waals surface area (Å²) in [4.78, 5) is 27.1. The fourth-order valence-electron chi connectivity index (χ4n) is 10.8. The lowest BCUT2D eigenvalue weighted by molar-refractivity contribution is -0.251. The molecule has 4 fully saturated rings. The van der Waals surface area contributed by atoms with Crippen molar-refractivity contribution in [1.82, 2.24) is 0 Å². The molecular weight excluding hydrogens is 424 g/mol. The Kier molecular flexibility index (Phi) is 5.04. The molecule has 5 aliphatic rings. The molecule has 9 atom stereocenters. The summed E-state index contributed by atoms with van der Waals surface area (Å²) in [5, 5.41) is 22.4. The topological polar surface area (TPSA) is 74.6 Å². The van der Waals surface area contributed by atoms with Crippen LogP contribution in [-0.4, -0.2) is 28.1 Å². The molecule has 4 saturated carbocycles. The van der Waals surface area contributed by atoms with Gasteiger partial charge in [0.15, 0.2) is 5.78 Å². The fourth-order valence-corrected chi connectivity index (χ4v) is 10.8. The van der Waals surface area contributed by atoms with Gasteiger partial charge < -0.3 is 10.2 Å². The van der Waals surface area contributed by atoms with E-state index >= 15 is 0 Å². The predicted octanol–water partition coefficient (Wildman–Crippen LogP) is 6.27. The van der Waals surface area contributed by atoms with Crippen molar-refractivity contribution in [2.24, 2.45) is 56.2 Å². The second-order valence-electron chi connectivity index (χ2n) is 15.1. The summed E-state index contributed by atoms with van der Waals surface area (Å²) in [6.45, 7) is 16.0. The Labute approximate surface area is 206 Å². The standard InChI is InChI=1S/C30H46O4/c1-25(2)13-15-30(24(33)34)16-14-28(6)20(18(30)17-25)21(31)22(32)23-27(5)11-8-10-26(3,4)19(27)9-12-29(23,28)7/h8,10,18-21,23,31H,9,11-17H2,1-7H3,(H,33,34)/t18?,19?,20?,21?,23?,27-,28+,29+,30-/m0/s1. The summed E-state index contributed by atoms with van der Waals surface area (Å²) in [5.41, 5.74) is -1.39. The van der Waals surface area contributed by atoms with E-state index in [4.69, 9.17) is 0 Å². The number of aliphatic hydroxyl groups excluding tert-OH is 1. The Morgan fingerprint density at radius 1 is 0.941 bits per heavy atom. The monoisotopic (exact) mass is 470 g/mol. The number of carbonyl (C=O) groups is 2. The maximum Gasteiger partial charge on any atom is 0.309 e. The molecule has 0 amide bonds. The maximum atomic E-state index is 14.3. The van der Waals surface area contributed by atoms with Crippen molar-refractivity contribution in [3.05, 3.63) is 12.2 Å². The van der Waals surface area contributed by atoms with Gasteiger partial charge in [-0.05, 0) is 90.3 Å². The van der Waals surface area contributed by atoms with Gasteiger partial charge in [0.2, 0.25) is 0 Å². The maximum absolute atomic E-state index is 14.3. The largest absolute Gasteiger partial charge is 0.481 e. The first kappa shape index (κ1) is 24.5. The van der Waals surface area contributed by atoms with Crippen molar-refractivity contribution < 1.29 is 19.8 Å². The predicted molar refractivity (Wildman–Crippen MR) is 133 cm³/mol. The number of hydrogen-bond donors (Lipinski definition) is 2. The molecule has 0 radical (unpaired) electrons. The average molecular weight is 471 g/mol. The fraction of sp³-hybridized carbons (Fsp3) is 0.867. The molecule has 0 aromatic rings. The molecule has 0 aromatic carbocycles. The number of Topliss-reactive ketones (excluding diaryl/α,β-unsaturated/α-hetero) is 1. The number of carbonyl (C=O) groups excluding carboxylic acids is 1. The zero-order valence-corrected chi connectivity index (χ0v) is 22.4. The van der Waals surface area contributed by atoms with Crippen LogP contribution in [0, 0.1) is 56.2 Å². The quantitative estimate of drug-likeness (QED) is 0.443. The molecule has 5 aliphatic carbocycles. The molecule has 0 heterocycles. The van der Waals surface area contributed by atoms with Gasteiger partial charge >= 0.3 is 5.97 Å². The Morgan fingerprint density at radius 2 is 1.59 bits per heavy atom. The van der Waals surface area contributed by atoms with Crippen LogP contribution in [0.25, 0.3) is 0 Å². The van der Waals surface area contributed by atoms with Gasteiger partial charge in [0, 0.05) is 11.8 Å². The molecule has 34 heavy (non-hydrogen) atoms. The highest BCUT2D eigenvalue weighted by Gasteiger charge is 2.74. The lowest BCUT2D eigenvalue weighted by Gasteiger charge is -2.72. The number of carboxylic acids is 1. The molecule has 0 saturated heterocycles. The highest BCUT2D eigenvalue weighted by Crippen LogP contribution is 2.75. The van der Waals surface area contributed by atoms with Crippen LogP contribution < -0.4 is 0 Å². The summed E-state index contributed by atoms with van der Waals surface area (Å²) in [7, 11) is 0. The Morgan fingerprint density at radius 3 is 2.24 bits per heavy atom. The van der Waals surface area contributed by atoms with Crippen molar-refractivity contribution in [3.8, 4) is 0 Å². The van der Waals surface area contributed by atoms with Crippen LogP contribution in [0.1, 0.15) is 99.8 Å². The van der Waals surface area contributed by atoms with E-state index in [1.165, 1.54) is 0 Å². The molecule has 190 valence electrons. The van der Waals surface area contributed by atoms with Gasteiger partial charge in [-0.3, -0.25) is 9.59 Å². The third kappa shape index (κ3) is 2.81. The van der Waals surface area contributed by atoms with Crippen LogP contribution in [-0.2, 0) is 9.59 Å². The van der Waals surface area contributed by atoms with Crippen LogP contribution in [0.5, 0.6) is 0 Å². The smallest absolute Gasteiger partial charge is 0.309 e. The number of ketones is 1. The number of aliphatic hydroxyl groups is 1. The van der Waals surface area contributed by atoms with Gasteiger partial charge in [-0.2, -0.15) is 0 Å². The minimum absolute atomic E-state index is 0.00726. The van der Waals surface area contributed by atoms with E-state index in [0.29, 0.717) is 18.8 Å². The van der Waals surface area contributed by atoms with Crippen LogP contribution in [0.15, 0.2) is 12.2 Å². The third-order valence-corrected chi connectivity index (χ3v) is 12.7. The van der Waals surface area contributed by atoms with E-state index in [1.807, 2.05) is 0 Å². The van der Waals surface area contributed by atoms with E-state index in [9.17, 15) is 19.8 Å². The van der Waals surface area contributed by atoms with Crippen molar-refractivity contribution in [2.45, 2.75) is 106 Å². The first-order chi connectivity index (χ1) is 15.6. The number of aliphatic carboxylic acids is 1. The van der Waals surface area contributed by atoms with Crippen LogP contribution in [0.2, 0.25) is 0 Å². The molecule has 5 unspecified atom stereocenters. The van der Waals surface area contributed by atoms with Crippen molar-refractivity contribution in [3.63, 3.8) is 0 Å². The molecule has 4 heteroatoms. The summed E-state index contributed by atoms with van der Waals surface area (Å²) < 4.78 is 0. The van der Waals surface area contributed by atoms with Gasteiger partial charge in [-0.1, -0.05) is 60.6 Å². The van der Waals surface area contributed by atoms with Crippen LogP contribution >= 0.6 is 0 Å². The minimum atomic E-state index is -1.06. The molecule has 0 aliphatic heterocycles. The summed E-state index contributed by atoms with van der Waals surface area (Å²) in [5.74, 6) is -0.914. The molecule has 4 nitrogen and oxygen atoms in total. The normalized spacial score (nSPS) is 53.2. The minimum Gasteiger partial charge on any atom is -0.481 e. The van der Waals surface area contributed by atoms with Gasteiger partial charge in [0.25, 0.3) is 0 Å². The van der Waals surface area contributed by atoms with Gasteiger partial charge in [0.05, 0.1) is 5.41 Å². The number of carboxylic acid groups (broad SMARTS) is 1. The van der Waals surface area contributed by atoms with Crippen molar-refractivity contribution in [2.75, 3.05) is 0 Å². The molecular formula is C30H46O4. The van der Waals surface area contributed by atoms with Crippen LogP contribution in [0.3, 0.4) is 0 Å². The molecule has 2 N–H and O–H groups in total. The number of allylic oxidation sites excluding steroid dienone is 2. The third-order valence-electron chi connectivity index (χ3n) is 12.7. The second-order valence-corrected chi connectivity index (χ2v) is 15.1. The van der Waals surface area contributed by atoms with E-state index < -0.39 is 17.5 Å². The lowest BCUT2D eigenvalue weighted by atomic mass is 9.31. The van der Waals surface area contributed by atoms with Crippen molar-refractivity contribution >= 4 is 11.8 Å². The Hall–Kier alpha value is -1.16. The van der Waals surface area contributed by atoms with E-state index in [2.05, 4.69) is 60.6 Å². The van der Waals surface area contributed by atoms with E-state index in [0.717, 1.165) is 38.5 Å². The molecule has 5 rings (SSSR count). The van der Waals surface area contributed by atoms with Crippen molar-refractivity contribution in [1.29, 1.82) is 0 Å². The Bertz CT molecular complexity index is 947. The second kappa shape index (κ2) is 6.99. The summed E-state index contributed by atoms with van der Waals surface area (Å²) in [6.07, 6.45) is 10.3. The summed E-state index contributed by atoms with van der Waals surface area (Å²) >= 11 is 0. The number of hydrogen-bond acceptors (Lipinski definition) is 3. The van der Waals surface area contributed by atoms with E-state index in [-0.39, 0.29) is 50.6 Å². The zero-order valence-electron chi connectivity index (χ0n) is 22.4. The average Bonchev–Trinajstić information content (AvgIpc) is 2.70. The van der Waals surface area contributed by atoms with Gasteiger partial charge in [-0.25, -0.2) is 0 Å². The number of rotatable bonds is 1. The zero-order chi connectivity index (χ0) is 25.1. The summed E-state index contributed by atoms with van der Waals surface area (Å²) in [6, 6.07) is 0. The lowest BCUT2D eigenvalue weighted by Crippen LogP contribution is -2.72. The number of fused-ring (bicyclic) bond motifs is 7. The molecule has 0 aromatic heterocycles. The first-order valence-corrected chi connectivity index (χ1v) is 13.7. The Balaban J connectivity index is 1.65. The highest BCUT2D eigenvalue weighted by molar-refractivity contribution is 5.89. The van der Waals surface area contributed by atoms with E-state index in [1.54, 1.807) is 0 Å². The van der Waals surface area contributed by atoms with Crippen LogP contribution in [0.4, 0.5) is 0 Å². The first-order valence-electron chi connectivity index (χ1n) is 13.7. The molecule has 0 bridgehead atoms. The SMILES string of the molecule is CC1(C)CC[C@]2(C(=O)O)CC[C@]3(C)C(C(O)C(=O)C4[C@@]5(C)CC=CC(C)(C)C5CC[C@]43C)C2C1.